The summed E-state index contributed by atoms with van der Waals surface area (Å²) in [5, 5.41) is 2.81. The summed E-state index contributed by atoms with van der Waals surface area (Å²) < 4.78 is 61.1. The number of carbonyl (C=O) groups excluding carboxylic acids is 1. The van der Waals surface area contributed by atoms with Crippen molar-refractivity contribution in [1.82, 2.24) is 14.5 Å². The van der Waals surface area contributed by atoms with Gasteiger partial charge in [0.25, 0.3) is 0 Å². The highest BCUT2D eigenvalue weighted by Crippen LogP contribution is 2.21. The van der Waals surface area contributed by atoms with Gasteiger partial charge in [0.05, 0.1) is 11.5 Å². The Balaban J connectivity index is 1.44. The van der Waals surface area contributed by atoms with Crippen LogP contribution in [-0.4, -0.2) is 69.6 Å². The first-order chi connectivity index (χ1) is 15.8. The molecule has 1 N–H and O–H groups in total. The highest BCUT2D eigenvalue weighted by atomic mass is 32.2. The molecule has 3 rings (SSSR count). The number of hydrogen-bond acceptors (Lipinski definition) is 5. The molecule has 0 aromatic heterocycles. The fourth-order valence-electron chi connectivity index (χ4n) is 3.42. The van der Waals surface area contributed by atoms with Crippen molar-refractivity contribution >= 4 is 16.1 Å². The van der Waals surface area contributed by atoms with Gasteiger partial charge in [0.1, 0.15) is 11.5 Å². The van der Waals surface area contributed by atoms with Gasteiger partial charge in [-0.05, 0) is 55.3 Å². The predicted molar refractivity (Wildman–Crippen MR) is 118 cm³/mol. The second kappa shape index (κ2) is 11.3. The number of ether oxygens (including phenoxy) is 2. The molecule has 0 spiro atoms. The number of hydrogen-bond donors (Lipinski definition) is 1. The number of carbonyl (C=O) groups is 1. The number of alkyl halides is 2. The molecule has 1 aliphatic heterocycles. The number of halogens is 2. The van der Waals surface area contributed by atoms with E-state index in [2.05, 4.69) is 10.1 Å². The maximum Gasteiger partial charge on any atom is 0.387 e. The first-order valence-corrected chi connectivity index (χ1v) is 12.0. The van der Waals surface area contributed by atoms with Crippen LogP contribution in [0.4, 0.5) is 13.6 Å². The maximum atomic E-state index is 12.9. The Kier molecular flexibility index (Phi) is 8.45. The van der Waals surface area contributed by atoms with Crippen molar-refractivity contribution in [1.29, 1.82) is 0 Å². The molecule has 0 unspecified atom stereocenters. The first-order valence-electron chi connectivity index (χ1n) is 10.6. The van der Waals surface area contributed by atoms with Crippen LogP contribution in [0.5, 0.6) is 11.5 Å². The average molecular weight is 484 g/mol. The molecule has 0 aliphatic carbocycles. The molecule has 0 atom stereocenters. The number of amides is 2. The largest absolute Gasteiger partial charge is 0.494 e. The van der Waals surface area contributed by atoms with Crippen LogP contribution in [0.3, 0.4) is 0 Å². The molecule has 0 saturated carbocycles. The molecular formula is C22H27F2N3O5S. The van der Waals surface area contributed by atoms with Gasteiger partial charge in [0.2, 0.25) is 10.0 Å². The molecule has 1 aliphatic rings. The maximum absolute atomic E-state index is 12.9. The molecule has 8 nitrogen and oxygen atoms in total. The van der Waals surface area contributed by atoms with Gasteiger partial charge >= 0.3 is 12.6 Å². The van der Waals surface area contributed by atoms with Crippen LogP contribution in [-0.2, 0) is 16.4 Å². The SMILES string of the molecule is CCOc1ccc(S(=O)(=O)N2CCN(C(=O)NCCc3ccc(OC(F)F)cc3)CC2)cc1. The number of benzene rings is 2. The molecule has 0 radical (unpaired) electrons. The van der Waals surface area contributed by atoms with Crippen molar-refractivity contribution < 1.29 is 31.5 Å². The standard InChI is InChI=1S/C22H27F2N3O5S/c1-2-31-18-7-9-20(10-8-18)33(29,30)27-15-13-26(14-16-27)22(28)25-12-11-17-3-5-19(6-4-17)32-21(23)24/h3-10,21H,2,11-16H2,1H3,(H,25,28). The summed E-state index contributed by atoms with van der Waals surface area (Å²) in [6.07, 6.45) is 0.521. The Hall–Kier alpha value is -2.92. The minimum atomic E-state index is -3.64. The summed E-state index contributed by atoms with van der Waals surface area (Å²) >= 11 is 0. The molecule has 11 heteroatoms. The number of nitrogens with one attached hydrogen (secondary N) is 1. The lowest BCUT2D eigenvalue weighted by Gasteiger charge is -2.34. The van der Waals surface area contributed by atoms with Gasteiger partial charge in [0.15, 0.2) is 0 Å². The quantitative estimate of drug-likeness (QED) is 0.593. The zero-order valence-corrected chi connectivity index (χ0v) is 19.1. The third kappa shape index (κ3) is 6.78. The Labute approximate surface area is 192 Å². The average Bonchev–Trinajstić information content (AvgIpc) is 2.80. The molecule has 2 amide bonds. The summed E-state index contributed by atoms with van der Waals surface area (Å²) in [7, 11) is -3.64. The molecule has 0 bridgehead atoms. The normalized spacial score (nSPS) is 14.8. The van der Waals surface area contributed by atoms with E-state index in [9.17, 15) is 22.0 Å². The molecule has 1 saturated heterocycles. The van der Waals surface area contributed by atoms with Crippen molar-refractivity contribution in [3.05, 3.63) is 54.1 Å². The third-order valence-corrected chi connectivity index (χ3v) is 7.05. The van der Waals surface area contributed by atoms with E-state index in [1.807, 2.05) is 6.92 Å². The summed E-state index contributed by atoms with van der Waals surface area (Å²) in [6.45, 7) is 0.807. The van der Waals surface area contributed by atoms with Gasteiger partial charge in [-0.25, -0.2) is 13.2 Å². The monoisotopic (exact) mass is 483 g/mol. The van der Waals surface area contributed by atoms with Crippen molar-refractivity contribution in [2.75, 3.05) is 39.3 Å². The lowest BCUT2D eigenvalue weighted by molar-refractivity contribution is -0.0498. The first kappa shape index (κ1) is 24.7. The summed E-state index contributed by atoms with van der Waals surface area (Å²) in [4.78, 5) is 14.2. The Morgan fingerprint density at radius 3 is 2.18 bits per heavy atom. The second-order valence-corrected chi connectivity index (χ2v) is 9.24. The van der Waals surface area contributed by atoms with Crippen LogP contribution in [0.15, 0.2) is 53.4 Å². The smallest absolute Gasteiger partial charge is 0.387 e. The summed E-state index contributed by atoms with van der Waals surface area (Å²) in [6, 6.07) is 12.2. The van der Waals surface area contributed by atoms with Crippen molar-refractivity contribution in [2.45, 2.75) is 24.9 Å². The fourth-order valence-corrected chi connectivity index (χ4v) is 4.84. The molecule has 2 aromatic rings. The number of sulfonamides is 1. The van der Waals surface area contributed by atoms with E-state index in [1.165, 1.54) is 28.6 Å². The zero-order chi connectivity index (χ0) is 23.8. The van der Waals surface area contributed by atoms with Gasteiger partial charge < -0.3 is 19.7 Å². The van der Waals surface area contributed by atoms with Gasteiger partial charge in [-0.2, -0.15) is 13.1 Å². The molecule has 180 valence electrons. The van der Waals surface area contributed by atoms with Crippen LogP contribution in [0.1, 0.15) is 12.5 Å². The van der Waals surface area contributed by atoms with Crippen molar-refractivity contribution in [3.63, 3.8) is 0 Å². The fraction of sp³-hybridized carbons (Fsp3) is 0.409. The Bertz CT molecular complexity index is 1010. The number of nitrogens with zero attached hydrogens (tertiary/aromatic N) is 2. The third-order valence-electron chi connectivity index (χ3n) is 5.14. The lowest BCUT2D eigenvalue weighted by atomic mass is 10.1. The molecular weight excluding hydrogens is 456 g/mol. The van der Waals surface area contributed by atoms with Crippen LogP contribution in [0, 0.1) is 0 Å². The topological polar surface area (TPSA) is 88.2 Å². The number of piperazine rings is 1. The number of urea groups is 1. The highest BCUT2D eigenvalue weighted by molar-refractivity contribution is 7.89. The second-order valence-electron chi connectivity index (χ2n) is 7.30. The highest BCUT2D eigenvalue weighted by Gasteiger charge is 2.30. The lowest BCUT2D eigenvalue weighted by Crippen LogP contribution is -2.53. The Morgan fingerprint density at radius 2 is 1.61 bits per heavy atom. The van der Waals surface area contributed by atoms with E-state index in [0.29, 0.717) is 25.3 Å². The van der Waals surface area contributed by atoms with E-state index >= 15 is 0 Å². The molecule has 1 fully saturated rings. The zero-order valence-electron chi connectivity index (χ0n) is 18.2. The minimum Gasteiger partial charge on any atom is -0.494 e. The van der Waals surface area contributed by atoms with Crippen molar-refractivity contribution in [2.24, 2.45) is 0 Å². The van der Waals surface area contributed by atoms with E-state index in [1.54, 1.807) is 29.2 Å². The van der Waals surface area contributed by atoms with E-state index < -0.39 is 16.6 Å². The summed E-state index contributed by atoms with van der Waals surface area (Å²) in [5.74, 6) is 0.686. The van der Waals surface area contributed by atoms with Crippen LogP contribution in [0.2, 0.25) is 0 Å². The van der Waals surface area contributed by atoms with Gasteiger partial charge in [0, 0.05) is 32.7 Å². The number of rotatable bonds is 9. The van der Waals surface area contributed by atoms with Crippen LogP contribution in [0.25, 0.3) is 0 Å². The van der Waals surface area contributed by atoms with Gasteiger partial charge in [-0.1, -0.05) is 12.1 Å². The van der Waals surface area contributed by atoms with E-state index in [4.69, 9.17) is 4.74 Å². The van der Waals surface area contributed by atoms with E-state index in [-0.39, 0.29) is 42.9 Å². The van der Waals surface area contributed by atoms with E-state index in [0.717, 1.165) is 5.56 Å². The van der Waals surface area contributed by atoms with Crippen LogP contribution >= 0.6 is 0 Å². The Morgan fingerprint density at radius 1 is 1.00 bits per heavy atom. The summed E-state index contributed by atoms with van der Waals surface area (Å²) in [5.41, 5.74) is 0.864. The minimum absolute atomic E-state index is 0.0795. The van der Waals surface area contributed by atoms with Crippen LogP contribution < -0.4 is 14.8 Å². The molecule has 2 aromatic carbocycles. The molecule has 1 heterocycles. The van der Waals surface area contributed by atoms with Gasteiger partial charge in [-0.15, -0.1) is 0 Å². The van der Waals surface area contributed by atoms with Crippen molar-refractivity contribution in [3.8, 4) is 11.5 Å². The predicted octanol–water partition coefficient (Wildman–Crippen LogP) is 2.95. The molecule has 33 heavy (non-hydrogen) atoms. The van der Waals surface area contributed by atoms with Gasteiger partial charge in [-0.3, -0.25) is 0 Å².